The maximum atomic E-state index is 5.43. The fourth-order valence-electron chi connectivity index (χ4n) is 2.40. The van der Waals surface area contributed by atoms with E-state index >= 15 is 0 Å². The molecule has 0 amide bonds. The van der Waals surface area contributed by atoms with E-state index in [9.17, 15) is 0 Å². The van der Waals surface area contributed by atoms with Crippen molar-refractivity contribution in [3.05, 3.63) is 35.9 Å². The summed E-state index contributed by atoms with van der Waals surface area (Å²) in [6, 6.07) is 11.3. The molecule has 2 rings (SSSR count). The molecule has 1 fully saturated rings. The van der Waals surface area contributed by atoms with Crippen molar-refractivity contribution in [3.8, 4) is 0 Å². The zero-order valence-electron chi connectivity index (χ0n) is 9.99. The molecule has 1 saturated heterocycles. The molecule has 2 nitrogen and oxygen atoms in total. The van der Waals surface area contributed by atoms with Crippen LogP contribution in [0.2, 0.25) is 0 Å². The first-order valence-corrected chi connectivity index (χ1v) is 6.21. The summed E-state index contributed by atoms with van der Waals surface area (Å²) in [6.45, 7) is 0. The molecular weight excluding hydrogens is 198 g/mol. The molecule has 0 spiro atoms. The number of rotatable bonds is 3. The van der Waals surface area contributed by atoms with Gasteiger partial charge in [-0.2, -0.15) is 0 Å². The first kappa shape index (κ1) is 11.6. The topological polar surface area (TPSA) is 21.3 Å². The van der Waals surface area contributed by atoms with Crippen molar-refractivity contribution in [2.24, 2.45) is 0 Å². The monoisotopic (exact) mass is 219 g/mol. The van der Waals surface area contributed by atoms with Gasteiger partial charge in [0.15, 0.2) is 0 Å². The number of benzene rings is 1. The zero-order valence-corrected chi connectivity index (χ0v) is 9.99. The van der Waals surface area contributed by atoms with E-state index in [1.54, 1.807) is 7.11 Å². The lowest BCUT2D eigenvalue weighted by Gasteiger charge is -2.21. The Balaban J connectivity index is 1.93. The van der Waals surface area contributed by atoms with Crippen LogP contribution in [0.5, 0.6) is 0 Å². The number of methoxy groups -OCH3 is 1. The highest BCUT2D eigenvalue weighted by atomic mass is 16.5. The van der Waals surface area contributed by atoms with Crippen molar-refractivity contribution >= 4 is 0 Å². The van der Waals surface area contributed by atoms with E-state index in [1.807, 2.05) is 0 Å². The Kier molecular flexibility index (Phi) is 4.37. The Morgan fingerprint density at radius 1 is 1.19 bits per heavy atom. The van der Waals surface area contributed by atoms with Crippen LogP contribution in [0.4, 0.5) is 0 Å². The maximum Gasteiger partial charge on any atom is 0.107 e. The molecule has 0 aliphatic carbocycles. The van der Waals surface area contributed by atoms with Crippen LogP contribution >= 0.6 is 0 Å². The Bertz CT molecular complexity index is 299. The van der Waals surface area contributed by atoms with Crippen LogP contribution in [0.15, 0.2) is 30.3 Å². The van der Waals surface area contributed by atoms with Gasteiger partial charge in [0.05, 0.1) is 0 Å². The van der Waals surface area contributed by atoms with Gasteiger partial charge in [-0.25, -0.2) is 0 Å². The summed E-state index contributed by atoms with van der Waals surface area (Å²) in [7, 11) is 1.79. The van der Waals surface area contributed by atoms with Gasteiger partial charge in [0, 0.05) is 13.2 Å². The van der Waals surface area contributed by atoms with Crippen molar-refractivity contribution in [2.45, 2.75) is 44.4 Å². The summed E-state index contributed by atoms with van der Waals surface area (Å²) >= 11 is 0. The highest BCUT2D eigenvalue weighted by Crippen LogP contribution is 2.16. The molecule has 88 valence electrons. The number of hydrogen-bond acceptors (Lipinski definition) is 2. The summed E-state index contributed by atoms with van der Waals surface area (Å²) in [5, 5.41) is 3.59. The van der Waals surface area contributed by atoms with Crippen molar-refractivity contribution in [3.63, 3.8) is 0 Å². The Hall–Kier alpha value is -0.860. The summed E-state index contributed by atoms with van der Waals surface area (Å²) in [5.41, 5.74) is 1.41. The lowest BCUT2D eigenvalue weighted by Crippen LogP contribution is -2.39. The molecular formula is C14H21NO. The average Bonchev–Trinajstić information content (AvgIpc) is 2.55. The lowest BCUT2D eigenvalue weighted by atomic mass is 10.0. The highest BCUT2D eigenvalue weighted by Gasteiger charge is 2.18. The largest absolute Gasteiger partial charge is 0.367 e. The van der Waals surface area contributed by atoms with Gasteiger partial charge < -0.3 is 4.74 Å². The van der Waals surface area contributed by atoms with Crippen LogP contribution < -0.4 is 5.32 Å². The molecule has 1 aliphatic rings. The summed E-state index contributed by atoms with van der Waals surface area (Å²) in [4.78, 5) is 0. The van der Waals surface area contributed by atoms with Crippen LogP contribution in [0.1, 0.15) is 31.2 Å². The second-order valence-electron chi connectivity index (χ2n) is 4.56. The van der Waals surface area contributed by atoms with E-state index in [0.29, 0.717) is 6.04 Å². The predicted octanol–water partition coefficient (Wildman–Crippen LogP) is 2.73. The first-order valence-electron chi connectivity index (χ1n) is 6.21. The van der Waals surface area contributed by atoms with Crippen molar-refractivity contribution in [1.29, 1.82) is 0 Å². The fraction of sp³-hybridized carbons (Fsp3) is 0.571. The minimum atomic E-state index is 0.246. The first-order chi connectivity index (χ1) is 7.88. The van der Waals surface area contributed by atoms with Gasteiger partial charge in [0.1, 0.15) is 6.23 Å². The van der Waals surface area contributed by atoms with E-state index in [4.69, 9.17) is 4.74 Å². The van der Waals surface area contributed by atoms with Crippen LogP contribution in [0.25, 0.3) is 0 Å². The van der Waals surface area contributed by atoms with Crippen molar-refractivity contribution in [2.75, 3.05) is 7.11 Å². The number of nitrogens with one attached hydrogen (secondary N) is 1. The molecule has 0 radical (unpaired) electrons. The SMILES string of the molecule is COC1CCCCC(Cc2ccccc2)N1. The zero-order chi connectivity index (χ0) is 11.2. The molecule has 2 heteroatoms. The molecule has 1 aromatic carbocycles. The normalized spacial score (nSPS) is 26.3. The van der Waals surface area contributed by atoms with Gasteiger partial charge in [0.2, 0.25) is 0 Å². The van der Waals surface area contributed by atoms with Gasteiger partial charge in [-0.3, -0.25) is 5.32 Å². The highest BCUT2D eigenvalue weighted by molar-refractivity contribution is 5.15. The Labute approximate surface area is 98.0 Å². The minimum absolute atomic E-state index is 0.246. The quantitative estimate of drug-likeness (QED) is 0.844. The van der Waals surface area contributed by atoms with E-state index in [0.717, 1.165) is 12.8 Å². The summed E-state index contributed by atoms with van der Waals surface area (Å²) in [6.07, 6.45) is 6.34. The third-order valence-electron chi connectivity index (χ3n) is 3.30. The third kappa shape index (κ3) is 3.32. The van der Waals surface area contributed by atoms with Gasteiger partial charge in [-0.1, -0.05) is 36.8 Å². The van der Waals surface area contributed by atoms with Crippen LogP contribution in [-0.4, -0.2) is 19.4 Å². The number of hydrogen-bond donors (Lipinski definition) is 1. The molecule has 2 unspecified atom stereocenters. The average molecular weight is 219 g/mol. The third-order valence-corrected chi connectivity index (χ3v) is 3.30. The molecule has 1 aliphatic heterocycles. The fourth-order valence-corrected chi connectivity index (χ4v) is 2.40. The molecule has 0 bridgehead atoms. The molecule has 2 atom stereocenters. The second-order valence-corrected chi connectivity index (χ2v) is 4.56. The smallest absolute Gasteiger partial charge is 0.107 e. The van der Waals surface area contributed by atoms with Crippen molar-refractivity contribution < 1.29 is 4.74 Å². The Morgan fingerprint density at radius 3 is 2.69 bits per heavy atom. The van der Waals surface area contributed by atoms with Gasteiger partial charge in [-0.15, -0.1) is 0 Å². The van der Waals surface area contributed by atoms with E-state index in [2.05, 4.69) is 35.6 Å². The van der Waals surface area contributed by atoms with Gasteiger partial charge >= 0.3 is 0 Å². The number of ether oxygens (including phenoxy) is 1. The minimum Gasteiger partial charge on any atom is -0.367 e. The van der Waals surface area contributed by atoms with Crippen LogP contribution in [0.3, 0.4) is 0 Å². The lowest BCUT2D eigenvalue weighted by molar-refractivity contribution is 0.0616. The molecule has 1 heterocycles. The van der Waals surface area contributed by atoms with Gasteiger partial charge in [-0.05, 0) is 31.2 Å². The van der Waals surface area contributed by atoms with Crippen LogP contribution in [-0.2, 0) is 11.2 Å². The van der Waals surface area contributed by atoms with E-state index < -0.39 is 0 Å². The maximum absolute atomic E-state index is 5.43. The van der Waals surface area contributed by atoms with Gasteiger partial charge in [0.25, 0.3) is 0 Å². The molecule has 1 N–H and O–H groups in total. The molecule has 1 aromatic rings. The summed E-state index contributed by atoms with van der Waals surface area (Å²) in [5.74, 6) is 0. The van der Waals surface area contributed by atoms with Crippen LogP contribution in [0, 0.1) is 0 Å². The molecule has 16 heavy (non-hydrogen) atoms. The standard InChI is InChI=1S/C14H21NO/c1-16-14-10-6-5-9-13(15-14)11-12-7-3-2-4-8-12/h2-4,7-8,13-15H,5-6,9-11H2,1H3. The van der Waals surface area contributed by atoms with E-state index in [-0.39, 0.29) is 6.23 Å². The molecule has 0 aromatic heterocycles. The Morgan fingerprint density at radius 2 is 1.94 bits per heavy atom. The summed E-state index contributed by atoms with van der Waals surface area (Å²) < 4.78 is 5.43. The predicted molar refractivity (Wildman–Crippen MR) is 66.3 cm³/mol. The molecule has 0 saturated carbocycles. The van der Waals surface area contributed by atoms with E-state index in [1.165, 1.54) is 24.8 Å². The van der Waals surface area contributed by atoms with Crippen molar-refractivity contribution in [1.82, 2.24) is 5.32 Å². The second kappa shape index (κ2) is 6.02.